The van der Waals surface area contributed by atoms with E-state index in [0.29, 0.717) is 15.4 Å². The van der Waals surface area contributed by atoms with Crippen LogP contribution in [0.4, 0.5) is 4.39 Å². The van der Waals surface area contributed by atoms with Gasteiger partial charge in [-0.1, -0.05) is 12.1 Å². The van der Waals surface area contributed by atoms with Gasteiger partial charge in [-0.2, -0.15) is 0 Å². The second-order valence-electron chi connectivity index (χ2n) is 4.95. The molecule has 1 aliphatic carbocycles. The van der Waals surface area contributed by atoms with E-state index in [2.05, 4.69) is 10.3 Å². The normalized spacial score (nSPS) is 14.3. The van der Waals surface area contributed by atoms with Gasteiger partial charge in [0.25, 0.3) is 5.91 Å². The van der Waals surface area contributed by atoms with Crippen LogP contribution >= 0.6 is 11.3 Å². The molecular formula is C16H15FN2O2S. The molecule has 0 spiro atoms. The standard InChI is InChI=1S/C16H15FN2O2S/c1-18-16(20)13-9-19-14(22-13)8-5-10-3-2-4-12(15(10)17)21-11-6-7-11/h2-5,8-9,11H,6-7H2,1H3,(H,18,20). The van der Waals surface area contributed by atoms with Crippen molar-refractivity contribution < 1.29 is 13.9 Å². The first kappa shape index (κ1) is 14.7. The van der Waals surface area contributed by atoms with Crippen molar-refractivity contribution in [3.8, 4) is 5.75 Å². The molecule has 1 fully saturated rings. The molecular weight excluding hydrogens is 303 g/mol. The highest BCUT2D eigenvalue weighted by atomic mass is 32.1. The van der Waals surface area contributed by atoms with Crippen molar-refractivity contribution in [1.29, 1.82) is 0 Å². The lowest BCUT2D eigenvalue weighted by molar-refractivity contribution is 0.0967. The molecule has 1 aromatic carbocycles. The van der Waals surface area contributed by atoms with Gasteiger partial charge in [0.05, 0.1) is 12.3 Å². The fourth-order valence-corrected chi connectivity index (χ4v) is 2.63. The first-order valence-electron chi connectivity index (χ1n) is 6.98. The molecule has 0 saturated heterocycles. The average Bonchev–Trinajstić information content (AvgIpc) is 3.22. The van der Waals surface area contributed by atoms with Crippen molar-refractivity contribution in [3.05, 3.63) is 45.7 Å². The predicted molar refractivity (Wildman–Crippen MR) is 84.5 cm³/mol. The fourth-order valence-electron chi connectivity index (χ4n) is 1.87. The topological polar surface area (TPSA) is 51.2 Å². The maximum atomic E-state index is 14.3. The minimum atomic E-state index is -0.367. The number of halogens is 1. The van der Waals surface area contributed by atoms with Crippen LogP contribution < -0.4 is 10.1 Å². The van der Waals surface area contributed by atoms with E-state index >= 15 is 0 Å². The van der Waals surface area contributed by atoms with Crippen molar-refractivity contribution >= 4 is 29.4 Å². The van der Waals surface area contributed by atoms with Gasteiger partial charge in [-0.15, -0.1) is 11.3 Å². The van der Waals surface area contributed by atoms with E-state index < -0.39 is 0 Å². The van der Waals surface area contributed by atoms with Crippen LogP contribution in [0.1, 0.15) is 33.1 Å². The second-order valence-corrected chi connectivity index (χ2v) is 6.01. The molecule has 1 saturated carbocycles. The molecule has 4 nitrogen and oxygen atoms in total. The smallest absolute Gasteiger partial charge is 0.262 e. The molecule has 3 rings (SSSR count). The summed E-state index contributed by atoms with van der Waals surface area (Å²) in [7, 11) is 1.57. The summed E-state index contributed by atoms with van der Waals surface area (Å²) < 4.78 is 19.8. The summed E-state index contributed by atoms with van der Waals surface area (Å²) in [4.78, 5) is 16.1. The molecule has 1 aliphatic rings. The maximum Gasteiger partial charge on any atom is 0.262 e. The van der Waals surface area contributed by atoms with Crippen LogP contribution in [0.2, 0.25) is 0 Å². The van der Waals surface area contributed by atoms with E-state index in [1.165, 1.54) is 17.5 Å². The number of nitrogens with zero attached hydrogens (tertiary/aromatic N) is 1. The van der Waals surface area contributed by atoms with Crippen LogP contribution in [0.3, 0.4) is 0 Å². The Hall–Kier alpha value is -2.21. The second kappa shape index (κ2) is 6.27. The van der Waals surface area contributed by atoms with Crippen molar-refractivity contribution in [3.63, 3.8) is 0 Å². The van der Waals surface area contributed by atoms with Crippen molar-refractivity contribution in [2.24, 2.45) is 0 Å². The molecule has 22 heavy (non-hydrogen) atoms. The lowest BCUT2D eigenvalue weighted by atomic mass is 10.2. The van der Waals surface area contributed by atoms with E-state index in [1.54, 1.807) is 37.4 Å². The van der Waals surface area contributed by atoms with Crippen LogP contribution in [0.5, 0.6) is 5.75 Å². The number of nitrogens with one attached hydrogen (secondary N) is 1. The minimum absolute atomic E-state index is 0.155. The third kappa shape index (κ3) is 3.33. The van der Waals surface area contributed by atoms with Gasteiger partial charge in [0.2, 0.25) is 0 Å². The predicted octanol–water partition coefficient (Wildman–Crippen LogP) is 3.35. The van der Waals surface area contributed by atoms with Crippen LogP contribution in [0, 0.1) is 5.82 Å². The minimum Gasteiger partial charge on any atom is -0.487 e. The van der Waals surface area contributed by atoms with Gasteiger partial charge in [0.1, 0.15) is 9.88 Å². The van der Waals surface area contributed by atoms with Crippen LogP contribution in [0.15, 0.2) is 24.4 Å². The number of benzene rings is 1. The number of ether oxygens (including phenoxy) is 1. The summed E-state index contributed by atoms with van der Waals surface area (Å²) in [5.41, 5.74) is 0.440. The lowest BCUT2D eigenvalue weighted by Crippen LogP contribution is -2.16. The van der Waals surface area contributed by atoms with Crippen LogP contribution in [-0.2, 0) is 0 Å². The summed E-state index contributed by atoms with van der Waals surface area (Å²) in [6.45, 7) is 0. The molecule has 6 heteroatoms. The van der Waals surface area contributed by atoms with E-state index in [4.69, 9.17) is 4.74 Å². The molecule has 0 radical (unpaired) electrons. The number of hydrogen-bond acceptors (Lipinski definition) is 4. The number of thiazole rings is 1. The Labute approximate surface area is 131 Å². The Bertz CT molecular complexity index is 723. The van der Waals surface area contributed by atoms with E-state index in [-0.39, 0.29) is 23.6 Å². The summed E-state index contributed by atoms with van der Waals surface area (Å²) in [6, 6.07) is 5.08. The van der Waals surface area contributed by atoms with Gasteiger partial charge < -0.3 is 10.1 Å². The van der Waals surface area contributed by atoms with Crippen LogP contribution in [0.25, 0.3) is 12.2 Å². The molecule has 2 aromatic rings. The number of rotatable bonds is 5. The van der Waals surface area contributed by atoms with Gasteiger partial charge in [0.15, 0.2) is 11.6 Å². The Morgan fingerprint density at radius 2 is 2.27 bits per heavy atom. The molecule has 0 atom stereocenters. The molecule has 0 bridgehead atoms. The molecule has 1 heterocycles. The van der Waals surface area contributed by atoms with Gasteiger partial charge in [-0.3, -0.25) is 4.79 Å². The molecule has 1 N–H and O–H groups in total. The molecule has 114 valence electrons. The van der Waals surface area contributed by atoms with Crippen molar-refractivity contribution in [2.75, 3.05) is 7.05 Å². The number of aromatic nitrogens is 1. The molecule has 0 unspecified atom stereocenters. The van der Waals surface area contributed by atoms with Crippen LogP contribution in [-0.4, -0.2) is 24.0 Å². The first-order chi connectivity index (χ1) is 10.7. The summed E-state index contributed by atoms with van der Waals surface area (Å²) >= 11 is 1.25. The van der Waals surface area contributed by atoms with Gasteiger partial charge >= 0.3 is 0 Å². The first-order valence-corrected chi connectivity index (χ1v) is 7.80. The average molecular weight is 318 g/mol. The third-order valence-corrected chi connectivity index (χ3v) is 4.15. The van der Waals surface area contributed by atoms with Gasteiger partial charge in [-0.05, 0) is 31.1 Å². The number of hydrogen-bond donors (Lipinski definition) is 1. The number of amides is 1. The fraction of sp³-hybridized carbons (Fsp3) is 0.250. The zero-order chi connectivity index (χ0) is 15.5. The van der Waals surface area contributed by atoms with Crippen molar-refractivity contribution in [1.82, 2.24) is 10.3 Å². The Balaban J connectivity index is 1.77. The molecule has 0 aliphatic heterocycles. The highest BCUT2D eigenvalue weighted by molar-refractivity contribution is 7.14. The Morgan fingerprint density at radius 1 is 1.45 bits per heavy atom. The zero-order valence-electron chi connectivity index (χ0n) is 12.0. The SMILES string of the molecule is CNC(=O)c1cnc(C=Cc2cccc(OC3CC3)c2F)s1. The summed E-state index contributed by atoms with van der Waals surface area (Å²) in [5, 5.41) is 3.18. The van der Waals surface area contributed by atoms with Gasteiger partial charge in [-0.25, -0.2) is 9.37 Å². The third-order valence-electron chi connectivity index (χ3n) is 3.19. The van der Waals surface area contributed by atoms with E-state index in [1.807, 2.05) is 0 Å². The lowest BCUT2D eigenvalue weighted by Gasteiger charge is -2.06. The zero-order valence-corrected chi connectivity index (χ0v) is 12.8. The van der Waals surface area contributed by atoms with Crippen molar-refractivity contribution in [2.45, 2.75) is 18.9 Å². The summed E-state index contributed by atoms with van der Waals surface area (Å²) in [6.07, 6.45) is 6.97. The quantitative estimate of drug-likeness (QED) is 0.920. The highest BCUT2D eigenvalue weighted by Gasteiger charge is 2.25. The number of carbonyl (C=O) groups excluding carboxylic acids is 1. The Kier molecular flexibility index (Phi) is 4.20. The monoisotopic (exact) mass is 318 g/mol. The maximum absolute atomic E-state index is 14.3. The summed E-state index contributed by atoms with van der Waals surface area (Å²) in [5.74, 6) is -0.258. The largest absolute Gasteiger partial charge is 0.487 e. The highest BCUT2D eigenvalue weighted by Crippen LogP contribution is 2.30. The Morgan fingerprint density at radius 3 is 3.00 bits per heavy atom. The molecule has 1 aromatic heterocycles. The van der Waals surface area contributed by atoms with E-state index in [0.717, 1.165) is 12.8 Å². The molecule has 1 amide bonds. The van der Waals surface area contributed by atoms with E-state index in [9.17, 15) is 9.18 Å². The van der Waals surface area contributed by atoms with Gasteiger partial charge in [0, 0.05) is 12.6 Å². The number of carbonyl (C=O) groups is 1.